The molecule has 0 unspecified atom stereocenters. The lowest BCUT2D eigenvalue weighted by atomic mass is 10.4. The highest BCUT2D eigenvalue weighted by Crippen LogP contribution is 2.17. The number of hydrogen-bond acceptors (Lipinski definition) is 4. The van der Waals surface area contributed by atoms with Crippen LogP contribution in [0.25, 0.3) is 0 Å². The van der Waals surface area contributed by atoms with Gasteiger partial charge in [-0.15, -0.1) is 11.3 Å². The summed E-state index contributed by atoms with van der Waals surface area (Å²) in [7, 11) is 0. The first kappa shape index (κ1) is 10.3. The Morgan fingerprint density at radius 2 is 2.27 bits per heavy atom. The number of aromatic nitrogens is 3. The van der Waals surface area contributed by atoms with Crippen molar-refractivity contribution in [1.29, 1.82) is 0 Å². The molecule has 1 N–H and O–H groups in total. The average molecular weight is 223 g/mol. The van der Waals surface area contributed by atoms with E-state index in [1.54, 1.807) is 17.7 Å². The van der Waals surface area contributed by atoms with Gasteiger partial charge in [0, 0.05) is 11.1 Å². The second-order valence-corrected chi connectivity index (χ2v) is 4.73. The lowest BCUT2D eigenvalue weighted by molar-refractivity contribution is 0.277. The first-order valence-electron chi connectivity index (χ1n) is 4.73. The van der Waals surface area contributed by atoms with Crippen LogP contribution < -0.4 is 0 Å². The molecule has 0 radical (unpaired) electrons. The molecule has 0 bridgehead atoms. The van der Waals surface area contributed by atoms with E-state index < -0.39 is 0 Å². The standard InChI is InChI=1S/C10H13N3OS/c1-7-8(2)15-10(12-7)4-13-3-9(5-14)11-6-13/h3,6,14H,4-5H2,1-2H3. The van der Waals surface area contributed by atoms with Crippen molar-refractivity contribution >= 4 is 11.3 Å². The number of hydrogen-bond donors (Lipinski definition) is 1. The summed E-state index contributed by atoms with van der Waals surface area (Å²) in [4.78, 5) is 9.75. The summed E-state index contributed by atoms with van der Waals surface area (Å²) in [5, 5.41) is 9.95. The van der Waals surface area contributed by atoms with Gasteiger partial charge in [0.1, 0.15) is 5.01 Å². The molecule has 0 aliphatic carbocycles. The third-order valence-electron chi connectivity index (χ3n) is 2.24. The largest absolute Gasteiger partial charge is 0.390 e. The Labute approximate surface area is 92.2 Å². The van der Waals surface area contributed by atoms with Gasteiger partial charge in [0.2, 0.25) is 0 Å². The molecule has 2 aromatic heterocycles. The number of aliphatic hydroxyl groups excluding tert-OH is 1. The maximum absolute atomic E-state index is 8.88. The van der Waals surface area contributed by atoms with E-state index in [4.69, 9.17) is 5.11 Å². The van der Waals surface area contributed by atoms with Crippen LogP contribution in [0.5, 0.6) is 0 Å². The van der Waals surface area contributed by atoms with Gasteiger partial charge in [-0.05, 0) is 13.8 Å². The molecule has 0 fully saturated rings. The smallest absolute Gasteiger partial charge is 0.113 e. The lowest BCUT2D eigenvalue weighted by Gasteiger charge is -1.96. The van der Waals surface area contributed by atoms with E-state index in [1.165, 1.54) is 4.88 Å². The summed E-state index contributed by atoms with van der Waals surface area (Å²) in [6.45, 7) is 4.81. The number of nitrogens with zero attached hydrogens (tertiary/aromatic N) is 3. The van der Waals surface area contributed by atoms with Crippen LogP contribution in [0.2, 0.25) is 0 Å². The second kappa shape index (κ2) is 4.12. The molecule has 0 atom stereocenters. The van der Waals surface area contributed by atoms with Gasteiger partial charge in [0.25, 0.3) is 0 Å². The van der Waals surface area contributed by atoms with Gasteiger partial charge in [0.05, 0.1) is 30.9 Å². The molecule has 0 amide bonds. The molecule has 15 heavy (non-hydrogen) atoms. The first-order valence-corrected chi connectivity index (χ1v) is 5.55. The lowest BCUT2D eigenvalue weighted by Crippen LogP contribution is -1.95. The van der Waals surface area contributed by atoms with Gasteiger partial charge in [-0.3, -0.25) is 0 Å². The zero-order chi connectivity index (χ0) is 10.8. The van der Waals surface area contributed by atoms with Gasteiger partial charge in [-0.2, -0.15) is 0 Å². The second-order valence-electron chi connectivity index (χ2n) is 3.44. The molecule has 0 aromatic carbocycles. The molecule has 4 nitrogen and oxygen atoms in total. The maximum atomic E-state index is 8.88. The molecule has 2 rings (SSSR count). The Morgan fingerprint density at radius 3 is 2.80 bits per heavy atom. The van der Waals surface area contributed by atoms with E-state index in [9.17, 15) is 0 Å². The van der Waals surface area contributed by atoms with E-state index in [0.717, 1.165) is 17.2 Å². The Balaban J connectivity index is 2.14. The van der Waals surface area contributed by atoms with Crippen LogP contribution in [0, 0.1) is 13.8 Å². The fourth-order valence-electron chi connectivity index (χ4n) is 1.34. The molecule has 0 aliphatic rings. The minimum Gasteiger partial charge on any atom is -0.390 e. The van der Waals surface area contributed by atoms with Crippen LogP contribution in [0.1, 0.15) is 21.3 Å². The van der Waals surface area contributed by atoms with Crippen molar-refractivity contribution in [3.8, 4) is 0 Å². The topological polar surface area (TPSA) is 50.9 Å². The molecule has 0 saturated heterocycles. The van der Waals surface area contributed by atoms with Gasteiger partial charge < -0.3 is 9.67 Å². The third kappa shape index (κ3) is 2.24. The highest BCUT2D eigenvalue weighted by atomic mass is 32.1. The maximum Gasteiger partial charge on any atom is 0.113 e. The van der Waals surface area contributed by atoms with E-state index >= 15 is 0 Å². The van der Waals surface area contributed by atoms with Crippen LogP contribution in [0.15, 0.2) is 12.5 Å². The molecule has 80 valence electrons. The fraction of sp³-hybridized carbons (Fsp3) is 0.400. The average Bonchev–Trinajstić information content (AvgIpc) is 2.76. The van der Waals surface area contributed by atoms with Crippen molar-refractivity contribution in [3.63, 3.8) is 0 Å². The quantitative estimate of drug-likeness (QED) is 0.857. The van der Waals surface area contributed by atoms with Crippen LogP contribution in [-0.4, -0.2) is 19.6 Å². The van der Waals surface area contributed by atoms with Gasteiger partial charge in [-0.1, -0.05) is 0 Å². The number of rotatable bonds is 3. The molecule has 2 heterocycles. The van der Waals surface area contributed by atoms with Crippen molar-refractivity contribution in [1.82, 2.24) is 14.5 Å². The van der Waals surface area contributed by atoms with Crippen LogP contribution >= 0.6 is 11.3 Å². The first-order chi connectivity index (χ1) is 7.19. The van der Waals surface area contributed by atoms with Crippen LogP contribution in [-0.2, 0) is 13.2 Å². The van der Waals surface area contributed by atoms with E-state index in [-0.39, 0.29) is 6.61 Å². The van der Waals surface area contributed by atoms with Gasteiger partial charge in [0.15, 0.2) is 0 Å². The predicted octanol–water partition coefficient (Wildman–Crippen LogP) is 1.50. The highest BCUT2D eigenvalue weighted by molar-refractivity contribution is 7.11. The Bertz CT molecular complexity index is 441. The number of aliphatic hydroxyl groups is 1. The fourth-order valence-corrected chi connectivity index (χ4v) is 2.28. The van der Waals surface area contributed by atoms with Crippen molar-refractivity contribution in [2.24, 2.45) is 0 Å². The zero-order valence-corrected chi connectivity index (χ0v) is 9.58. The Morgan fingerprint density at radius 1 is 1.47 bits per heavy atom. The molecular weight excluding hydrogens is 210 g/mol. The summed E-state index contributed by atoms with van der Waals surface area (Å²) >= 11 is 1.70. The molecule has 2 aromatic rings. The number of aryl methyl sites for hydroxylation is 2. The summed E-state index contributed by atoms with van der Waals surface area (Å²) in [6, 6.07) is 0. The number of imidazole rings is 1. The summed E-state index contributed by atoms with van der Waals surface area (Å²) in [6.07, 6.45) is 3.56. The molecule has 0 aliphatic heterocycles. The molecule has 0 spiro atoms. The van der Waals surface area contributed by atoms with Crippen LogP contribution in [0.4, 0.5) is 0 Å². The van der Waals surface area contributed by atoms with E-state index in [0.29, 0.717) is 5.69 Å². The van der Waals surface area contributed by atoms with Crippen molar-refractivity contribution in [3.05, 3.63) is 33.8 Å². The summed E-state index contributed by atoms with van der Waals surface area (Å²) < 4.78 is 1.93. The third-order valence-corrected chi connectivity index (χ3v) is 3.30. The van der Waals surface area contributed by atoms with Crippen molar-refractivity contribution < 1.29 is 5.11 Å². The minimum atomic E-state index is -0.0110. The van der Waals surface area contributed by atoms with Crippen molar-refractivity contribution in [2.45, 2.75) is 27.0 Å². The van der Waals surface area contributed by atoms with Gasteiger partial charge in [-0.25, -0.2) is 9.97 Å². The van der Waals surface area contributed by atoms with Gasteiger partial charge >= 0.3 is 0 Å². The minimum absolute atomic E-state index is 0.0110. The summed E-state index contributed by atoms with van der Waals surface area (Å²) in [5.41, 5.74) is 1.79. The molecule has 5 heteroatoms. The van der Waals surface area contributed by atoms with Crippen molar-refractivity contribution in [2.75, 3.05) is 0 Å². The zero-order valence-electron chi connectivity index (χ0n) is 8.77. The Kier molecular flexibility index (Phi) is 2.83. The highest BCUT2D eigenvalue weighted by Gasteiger charge is 2.04. The predicted molar refractivity (Wildman–Crippen MR) is 58.8 cm³/mol. The van der Waals surface area contributed by atoms with E-state index in [1.807, 2.05) is 17.7 Å². The summed E-state index contributed by atoms with van der Waals surface area (Å²) in [5.74, 6) is 0. The van der Waals surface area contributed by atoms with Crippen LogP contribution in [0.3, 0.4) is 0 Å². The normalized spacial score (nSPS) is 10.9. The Hall–Kier alpha value is -1.20. The molecular formula is C10H13N3OS. The molecule has 0 saturated carbocycles. The van der Waals surface area contributed by atoms with E-state index in [2.05, 4.69) is 16.9 Å². The monoisotopic (exact) mass is 223 g/mol. The number of thiazole rings is 1. The SMILES string of the molecule is Cc1nc(Cn2cnc(CO)c2)sc1C.